The van der Waals surface area contributed by atoms with Crippen LogP contribution in [-0.4, -0.2) is 42.9 Å². The number of aromatic nitrogens is 4. The average molecular weight is 408 g/mol. The van der Waals surface area contributed by atoms with Gasteiger partial charge in [-0.1, -0.05) is 29.8 Å². The molecule has 0 bridgehead atoms. The van der Waals surface area contributed by atoms with Gasteiger partial charge < -0.3 is 10.4 Å². The highest BCUT2D eigenvalue weighted by atomic mass is 16.3. The van der Waals surface area contributed by atoms with Crippen molar-refractivity contribution in [3.8, 4) is 16.8 Å². The van der Waals surface area contributed by atoms with Gasteiger partial charge in [0.2, 0.25) is 0 Å². The van der Waals surface area contributed by atoms with E-state index in [2.05, 4.69) is 20.8 Å². The monoisotopic (exact) mass is 407 g/mol. The minimum atomic E-state index is -0.688. The third kappa shape index (κ3) is 5.97. The smallest absolute Gasteiger partial charge is 0.251 e. The molecule has 0 radical (unpaired) electrons. The first-order valence-corrected chi connectivity index (χ1v) is 10.2. The van der Waals surface area contributed by atoms with Gasteiger partial charge in [-0.15, -0.1) is 5.10 Å². The van der Waals surface area contributed by atoms with Crippen molar-refractivity contribution in [2.45, 2.75) is 58.6 Å². The third-order valence-corrected chi connectivity index (χ3v) is 4.98. The molecule has 7 nitrogen and oxygen atoms in total. The van der Waals surface area contributed by atoms with Gasteiger partial charge in [0.15, 0.2) is 0 Å². The maximum Gasteiger partial charge on any atom is 0.251 e. The Hall–Kier alpha value is -3.06. The number of amides is 1. The molecule has 3 rings (SSSR count). The second-order valence-electron chi connectivity index (χ2n) is 8.47. The molecule has 0 aliphatic carbocycles. The molecule has 1 heterocycles. The molecule has 1 aromatic heterocycles. The molecule has 0 spiro atoms. The summed E-state index contributed by atoms with van der Waals surface area (Å²) in [5.74, 6) is -0.144. The molecule has 3 aromatic rings. The lowest BCUT2D eigenvalue weighted by atomic mass is 9.99. The minimum Gasteiger partial charge on any atom is -0.390 e. The van der Waals surface area contributed by atoms with Crippen molar-refractivity contribution < 1.29 is 9.90 Å². The number of hydrogen-bond donors (Lipinski definition) is 2. The van der Waals surface area contributed by atoms with Crippen LogP contribution in [0.5, 0.6) is 0 Å². The number of aryl methyl sites for hydroxylation is 1. The molecule has 0 fully saturated rings. The molecule has 0 saturated carbocycles. The molecule has 7 heteroatoms. The number of nitrogens with one attached hydrogen (secondary N) is 1. The summed E-state index contributed by atoms with van der Waals surface area (Å²) >= 11 is 0. The fourth-order valence-electron chi connectivity index (χ4n) is 3.29. The largest absolute Gasteiger partial charge is 0.390 e. The SMILES string of the molecule is Cc1ccc(-c2cc(C(=O)NC(C)CCCC(C)(C)O)cc(-n3cnnn3)c2)cc1. The van der Waals surface area contributed by atoms with Crippen LogP contribution in [0.15, 0.2) is 48.8 Å². The van der Waals surface area contributed by atoms with Crippen LogP contribution in [0.4, 0.5) is 0 Å². The summed E-state index contributed by atoms with van der Waals surface area (Å²) in [4.78, 5) is 13.0. The van der Waals surface area contributed by atoms with E-state index in [0.29, 0.717) is 12.0 Å². The Morgan fingerprint density at radius 2 is 1.90 bits per heavy atom. The van der Waals surface area contributed by atoms with E-state index in [1.54, 1.807) is 24.6 Å². The summed E-state index contributed by atoms with van der Waals surface area (Å²) < 4.78 is 1.54. The van der Waals surface area contributed by atoms with Crippen LogP contribution in [0.3, 0.4) is 0 Å². The molecule has 0 aliphatic heterocycles. The summed E-state index contributed by atoms with van der Waals surface area (Å²) in [5, 5.41) is 24.3. The molecular weight excluding hydrogens is 378 g/mol. The van der Waals surface area contributed by atoms with Crippen molar-refractivity contribution in [2.75, 3.05) is 0 Å². The maximum atomic E-state index is 13.0. The number of aliphatic hydroxyl groups is 1. The molecule has 1 amide bonds. The lowest BCUT2D eigenvalue weighted by molar-refractivity contribution is 0.0674. The average Bonchev–Trinajstić information content (AvgIpc) is 3.22. The van der Waals surface area contributed by atoms with E-state index in [0.717, 1.165) is 29.7 Å². The molecule has 0 saturated heterocycles. The minimum absolute atomic E-state index is 0.000585. The summed E-state index contributed by atoms with van der Waals surface area (Å²) in [7, 11) is 0. The molecule has 2 N–H and O–H groups in total. The van der Waals surface area contributed by atoms with Crippen molar-refractivity contribution in [3.05, 3.63) is 59.9 Å². The summed E-state index contributed by atoms with van der Waals surface area (Å²) in [6, 6.07) is 13.8. The Morgan fingerprint density at radius 1 is 1.17 bits per heavy atom. The lowest BCUT2D eigenvalue weighted by Gasteiger charge is -2.19. The van der Waals surface area contributed by atoms with Gasteiger partial charge in [0.25, 0.3) is 5.91 Å². The van der Waals surface area contributed by atoms with E-state index in [-0.39, 0.29) is 11.9 Å². The Kier molecular flexibility index (Phi) is 6.62. The molecule has 1 atom stereocenters. The van der Waals surface area contributed by atoms with Gasteiger partial charge in [-0.25, -0.2) is 4.68 Å². The van der Waals surface area contributed by atoms with Gasteiger partial charge in [0.05, 0.1) is 11.3 Å². The number of carbonyl (C=O) groups excluding carboxylic acids is 1. The van der Waals surface area contributed by atoms with E-state index < -0.39 is 5.60 Å². The zero-order valence-corrected chi connectivity index (χ0v) is 18.0. The van der Waals surface area contributed by atoms with E-state index in [9.17, 15) is 9.90 Å². The highest BCUT2D eigenvalue weighted by Gasteiger charge is 2.16. The fraction of sp³-hybridized carbons (Fsp3) is 0.391. The van der Waals surface area contributed by atoms with E-state index >= 15 is 0 Å². The van der Waals surface area contributed by atoms with Gasteiger partial charge in [-0.2, -0.15) is 0 Å². The molecule has 2 aromatic carbocycles. The first-order valence-electron chi connectivity index (χ1n) is 10.2. The van der Waals surface area contributed by atoms with Crippen LogP contribution in [0.1, 0.15) is 56.0 Å². The van der Waals surface area contributed by atoms with Crippen LogP contribution >= 0.6 is 0 Å². The van der Waals surface area contributed by atoms with Crippen LogP contribution < -0.4 is 5.32 Å². The zero-order chi connectivity index (χ0) is 21.7. The molecule has 30 heavy (non-hydrogen) atoms. The summed E-state index contributed by atoms with van der Waals surface area (Å²) in [6.07, 6.45) is 3.84. The van der Waals surface area contributed by atoms with Crippen LogP contribution in [0, 0.1) is 6.92 Å². The number of rotatable bonds is 8. The number of hydrogen-bond acceptors (Lipinski definition) is 5. The van der Waals surface area contributed by atoms with Gasteiger partial charge in [0, 0.05) is 11.6 Å². The van der Waals surface area contributed by atoms with Crippen molar-refractivity contribution in [3.63, 3.8) is 0 Å². The first-order chi connectivity index (χ1) is 14.2. The Balaban J connectivity index is 1.82. The lowest BCUT2D eigenvalue weighted by Crippen LogP contribution is -2.33. The molecule has 0 aliphatic rings. The van der Waals surface area contributed by atoms with E-state index in [1.165, 1.54) is 11.9 Å². The molecular formula is C23H29N5O2. The Morgan fingerprint density at radius 3 is 2.53 bits per heavy atom. The van der Waals surface area contributed by atoms with E-state index in [1.807, 2.05) is 50.2 Å². The fourth-order valence-corrected chi connectivity index (χ4v) is 3.29. The topological polar surface area (TPSA) is 92.9 Å². The zero-order valence-electron chi connectivity index (χ0n) is 18.0. The summed E-state index contributed by atoms with van der Waals surface area (Å²) in [5.41, 5.74) is 3.69. The standard InChI is InChI=1S/C23H29N5O2/c1-16-7-9-18(10-8-16)19-12-20(14-21(13-19)28-15-24-26-27-28)22(29)25-17(2)6-5-11-23(3,4)30/h7-10,12-15,17,30H,5-6,11H2,1-4H3,(H,25,29). The quantitative estimate of drug-likeness (QED) is 0.594. The number of benzene rings is 2. The number of nitrogens with zero attached hydrogens (tertiary/aromatic N) is 4. The van der Waals surface area contributed by atoms with Gasteiger partial charge in [-0.05, 0) is 86.7 Å². The Bertz CT molecular complexity index is 976. The van der Waals surface area contributed by atoms with Crippen molar-refractivity contribution >= 4 is 5.91 Å². The molecule has 1 unspecified atom stereocenters. The van der Waals surface area contributed by atoms with Crippen LogP contribution in [0.2, 0.25) is 0 Å². The number of carbonyl (C=O) groups is 1. The summed E-state index contributed by atoms with van der Waals surface area (Å²) in [6.45, 7) is 7.62. The Labute approximate surface area is 177 Å². The van der Waals surface area contributed by atoms with Crippen molar-refractivity contribution in [2.24, 2.45) is 0 Å². The first kappa shape index (κ1) is 21.6. The van der Waals surface area contributed by atoms with Crippen molar-refractivity contribution in [1.29, 1.82) is 0 Å². The second kappa shape index (κ2) is 9.17. The van der Waals surface area contributed by atoms with Gasteiger partial charge in [-0.3, -0.25) is 4.79 Å². The predicted molar refractivity (Wildman–Crippen MR) is 116 cm³/mol. The predicted octanol–water partition coefficient (Wildman–Crippen LogP) is 3.70. The van der Waals surface area contributed by atoms with E-state index in [4.69, 9.17) is 0 Å². The highest BCUT2D eigenvalue weighted by Crippen LogP contribution is 2.25. The molecule has 158 valence electrons. The van der Waals surface area contributed by atoms with Gasteiger partial charge in [0.1, 0.15) is 6.33 Å². The van der Waals surface area contributed by atoms with Crippen molar-refractivity contribution in [1.82, 2.24) is 25.5 Å². The van der Waals surface area contributed by atoms with Crippen LogP contribution in [0.25, 0.3) is 16.8 Å². The van der Waals surface area contributed by atoms with Gasteiger partial charge >= 0.3 is 0 Å². The van der Waals surface area contributed by atoms with Crippen LogP contribution in [-0.2, 0) is 0 Å². The second-order valence-corrected chi connectivity index (χ2v) is 8.47. The maximum absolute atomic E-state index is 13.0. The highest BCUT2D eigenvalue weighted by molar-refractivity contribution is 5.96. The normalized spacial score (nSPS) is 12.6. The third-order valence-electron chi connectivity index (χ3n) is 4.98. The number of tetrazole rings is 1.